The molecule has 0 aliphatic carbocycles. The summed E-state index contributed by atoms with van der Waals surface area (Å²) in [4.78, 5) is 28.2. The molecule has 2 aromatic rings. The number of piperidine rings is 1. The maximum atomic E-state index is 13.0. The van der Waals surface area contributed by atoms with Crippen LogP contribution in [0.3, 0.4) is 0 Å². The van der Waals surface area contributed by atoms with E-state index in [1.54, 1.807) is 19.4 Å². The van der Waals surface area contributed by atoms with Gasteiger partial charge in [-0.15, -0.1) is 0 Å². The molecule has 8 heteroatoms. The van der Waals surface area contributed by atoms with Crippen LogP contribution in [-0.4, -0.2) is 67.2 Å². The van der Waals surface area contributed by atoms with E-state index in [2.05, 4.69) is 25.8 Å². The van der Waals surface area contributed by atoms with Gasteiger partial charge in [0.15, 0.2) is 0 Å². The predicted octanol–water partition coefficient (Wildman–Crippen LogP) is 2.70. The number of ether oxygens (including phenoxy) is 1. The van der Waals surface area contributed by atoms with E-state index in [0.717, 1.165) is 62.8 Å². The number of nitrogens with zero attached hydrogens (tertiary/aromatic N) is 5. The minimum absolute atomic E-state index is 0.0783. The lowest BCUT2D eigenvalue weighted by Gasteiger charge is -2.39. The van der Waals surface area contributed by atoms with E-state index in [1.165, 1.54) is 0 Å². The summed E-state index contributed by atoms with van der Waals surface area (Å²) in [6.45, 7) is 4.75. The summed E-state index contributed by atoms with van der Waals surface area (Å²) in [5, 5.41) is 0.743. The van der Waals surface area contributed by atoms with Crippen LogP contribution < -0.4 is 14.5 Å². The summed E-state index contributed by atoms with van der Waals surface area (Å²) in [7, 11) is 1.60. The molecule has 0 unspecified atom stereocenters. The first-order chi connectivity index (χ1) is 14.1. The highest BCUT2D eigenvalue weighted by atomic mass is 35.5. The van der Waals surface area contributed by atoms with Crippen molar-refractivity contribution < 1.29 is 9.53 Å². The molecule has 1 aromatic carbocycles. The smallest absolute Gasteiger partial charge is 0.228 e. The Morgan fingerprint density at radius 2 is 1.83 bits per heavy atom. The first-order valence-corrected chi connectivity index (χ1v) is 10.4. The van der Waals surface area contributed by atoms with Crippen LogP contribution in [0.4, 0.5) is 11.6 Å². The average Bonchev–Trinajstić information content (AvgIpc) is 2.79. The molecule has 0 bridgehead atoms. The van der Waals surface area contributed by atoms with Gasteiger partial charge in [0.1, 0.15) is 0 Å². The van der Waals surface area contributed by atoms with Crippen molar-refractivity contribution in [3.05, 3.63) is 41.6 Å². The van der Waals surface area contributed by atoms with Crippen molar-refractivity contribution in [2.75, 3.05) is 56.2 Å². The fraction of sp³-hybridized carbons (Fsp3) is 0.476. The van der Waals surface area contributed by atoms with Crippen LogP contribution in [0.1, 0.15) is 12.8 Å². The number of hydrogen-bond acceptors (Lipinski definition) is 6. The van der Waals surface area contributed by atoms with Gasteiger partial charge in [-0.1, -0.05) is 17.7 Å². The summed E-state index contributed by atoms with van der Waals surface area (Å²) >= 11 is 6.11. The van der Waals surface area contributed by atoms with Gasteiger partial charge in [0.05, 0.1) is 7.11 Å². The van der Waals surface area contributed by atoms with Crippen LogP contribution in [-0.2, 0) is 4.79 Å². The van der Waals surface area contributed by atoms with Crippen LogP contribution in [0.2, 0.25) is 5.02 Å². The Morgan fingerprint density at radius 1 is 1.07 bits per heavy atom. The number of carbonyl (C=O) groups excluding carboxylic acids is 1. The van der Waals surface area contributed by atoms with Gasteiger partial charge in [0.2, 0.25) is 17.7 Å². The lowest BCUT2D eigenvalue weighted by molar-refractivity contribution is -0.136. The molecule has 3 heterocycles. The Hall–Kier alpha value is -2.54. The standard InChI is InChI=1S/C21H26ClN5O2/c1-29-19-5-8-23-21(24-19)27-9-6-16(7-10-27)20(28)26-13-11-25(12-14-26)18-4-2-3-17(22)15-18/h2-5,8,15-16H,6-7,9-14H2,1H3. The molecule has 29 heavy (non-hydrogen) atoms. The van der Waals surface area contributed by atoms with Gasteiger partial charge in [-0.2, -0.15) is 4.98 Å². The fourth-order valence-electron chi connectivity index (χ4n) is 4.04. The lowest BCUT2D eigenvalue weighted by Crippen LogP contribution is -2.51. The SMILES string of the molecule is COc1ccnc(N2CCC(C(=O)N3CCN(c4cccc(Cl)c4)CC3)CC2)n1. The fourth-order valence-corrected chi connectivity index (χ4v) is 4.23. The van der Waals surface area contributed by atoms with E-state index in [1.807, 2.05) is 23.1 Å². The highest BCUT2D eigenvalue weighted by Crippen LogP contribution is 2.25. The molecule has 0 radical (unpaired) electrons. The largest absolute Gasteiger partial charge is 0.481 e. The summed E-state index contributed by atoms with van der Waals surface area (Å²) in [5.74, 6) is 1.59. The molecule has 0 atom stereocenters. The number of rotatable bonds is 4. The second kappa shape index (κ2) is 8.86. The topological polar surface area (TPSA) is 61.8 Å². The van der Waals surface area contributed by atoms with E-state index in [0.29, 0.717) is 11.8 Å². The molecule has 2 fully saturated rings. The van der Waals surface area contributed by atoms with Gasteiger partial charge in [0.25, 0.3) is 0 Å². The summed E-state index contributed by atoms with van der Waals surface area (Å²) < 4.78 is 5.18. The van der Waals surface area contributed by atoms with E-state index >= 15 is 0 Å². The summed E-state index contributed by atoms with van der Waals surface area (Å²) in [6.07, 6.45) is 3.36. The second-order valence-corrected chi connectivity index (χ2v) is 7.89. The van der Waals surface area contributed by atoms with Crippen molar-refractivity contribution in [2.24, 2.45) is 5.92 Å². The molecule has 1 amide bonds. The number of anilines is 2. The molecule has 0 spiro atoms. The van der Waals surface area contributed by atoms with Gasteiger partial charge >= 0.3 is 0 Å². The number of hydrogen-bond donors (Lipinski definition) is 0. The zero-order valence-electron chi connectivity index (χ0n) is 16.6. The van der Waals surface area contributed by atoms with Crippen molar-refractivity contribution in [1.29, 1.82) is 0 Å². The molecular formula is C21H26ClN5O2. The van der Waals surface area contributed by atoms with E-state index in [9.17, 15) is 4.79 Å². The normalized spacial score (nSPS) is 18.1. The zero-order valence-corrected chi connectivity index (χ0v) is 17.4. The highest BCUT2D eigenvalue weighted by molar-refractivity contribution is 6.30. The molecule has 1 aromatic heterocycles. The van der Waals surface area contributed by atoms with Crippen molar-refractivity contribution in [3.8, 4) is 5.88 Å². The molecule has 2 saturated heterocycles. The third-order valence-corrected chi connectivity index (χ3v) is 5.95. The minimum atomic E-state index is 0.0783. The Kier molecular flexibility index (Phi) is 6.04. The van der Waals surface area contributed by atoms with Gasteiger partial charge < -0.3 is 19.4 Å². The van der Waals surface area contributed by atoms with Gasteiger partial charge in [-0.05, 0) is 31.0 Å². The second-order valence-electron chi connectivity index (χ2n) is 7.45. The molecular weight excluding hydrogens is 390 g/mol. The summed E-state index contributed by atoms with van der Waals surface area (Å²) in [6, 6.07) is 9.64. The molecule has 2 aliphatic rings. The predicted molar refractivity (Wildman–Crippen MR) is 114 cm³/mol. The number of carbonyl (C=O) groups is 1. The van der Waals surface area contributed by atoms with Crippen LogP contribution in [0, 0.1) is 5.92 Å². The van der Waals surface area contributed by atoms with Gasteiger partial charge in [-0.3, -0.25) is 4.79 Å². The monoisotopic (exact) mass is 415 g/mol. The number of halogens is 1. The molecule has 0 N–H and O–H groups in total. The van der Waals surface area contributed by atoms with Crippen LogP contribution in [0.25, 0.3) is 0 Å². The average molecular weight is 416 g/mol. The molecule has 154 valence electrons. The number of piperazine rings is 1. The Balaban J connectivity index is 1.29. The molecule has 7 nitrogen and oxygen atoms in total. The highest BCUT2D eigenvalue weighted by Gasteiger charge is 2.31. The van der Waals surface area contributed by atoms with Crippen LogP contribution in [0.15, 0.2) is 36.5 Å². The number of benzene rings is 1. The third kappa shape index (κ3) is 4.56. The Labute approximate surface area is 176 Å². The van der Waals surface area contributed by atoms with Crippen LogP contribution >= 0.6 is 11.6 Å². The summed E-state index contributed by atoms with van der Waals surface area (Å²) in [5.41, 5.74) is 1.12. The zero-order chi connectivity index (χ0) is 20.2. The first-order valence-electron chi connectivity index (χ1n) is 10.1. The van der Waals surface area contributed by atoms with Gasteiger partial charge in [0, 0.05) is 68.2 Å². The molecule has 2 aliphatic heterocycles. The Bertz CT molecular complexity index is 848. The first kappa shape index (κ1) is 19.8. The maximum absolute atomic E-state index is 13.0. The van der Waals surface area contributed by atoms with Crippen molar-refractivity contribution in [1.82, 2.24) is 14.9 Å². The van der Waals surface area contributed by atoms with Crippen molar-refractivity contribution in [2.45, 2.75) is 12.8 Å². The van der Waals surface area contributed by atoms with Crippen molar-refractivity contribution >= 4 is 29.1 Å². The Morgan fingerprint density at radius 3 is 2.52 bits per heavy atom. The number of amides is 1. The number of aromatic nitrogens is 2. The third-order valence-electron chi connectivity index (χ3n) is 5.72. The van der Waals surface area contributed by atoms with Crippen molar-refractivity contribution in [3.63, 3.8) is 0 Å². The van der Waals surface area contributed by atoms with E-state index < -0.39 is 0 Å². The number of methoxy groups -OCH3 is 1. The maximum Gasteiger partial charge on any atom is 0.228 e. The molecule has 0 saturated carbocycles. The molecule has 4 rings (SSSR count). The van der Waals surface area contributed by atoms with E-state index in [-0.39, 0.29) is 11.8 Å². The quantitative estimate of drug-likeness (QED) is 0.765. The van der Waals surface area contributed by atoms with Crippen LogP contribution in [0.5, 0.6) is 5.88 Å². The van der Waals surface area contributed by atoms with Gasteiger partial charge in [-0.25, -0.2) is 4.98 Å². The minimum Gasteiger partial charge on any atom is -0.481 e. The van der Waals surface area contributed by atoms with E-state index in [4.69, 9.17) is 16.3 Å². The lowest BCUT2D eigenvalue weighted by atomic mass is 9.95.